The molecule has 1 amide bonds. The number of ketones is 1. The number of rotatable bonds is 6. The Morgan fingerprint density at radius 1 is 1.00 bits per heavy atom. The number of halogens is 1. The van der Waals surface area contributed by atoms with Crippen LogP contribution in [0.1, 0.15) is 70.4 Å². The Balaban J connectivity index is 1.46. The minimum atomic E-state index is -0.615. The molecule has 1 fully saturated rings. The molecule has 42 heavy (non-hydrogen) atoms. The lowest BCUT2D eigenvalue weighted by Crippen LogP contribution is -2.45. The molecule has 0 spiro atoms. The highest BCUT2D eigenvalue weighted by atomic mass is 19.1. The van der Waals surface area contributed by atoms with Crippen LogP contribution >= 0.6 is 0 Å². The van der Waals surface area contributed by atoms with Gasteiger partial charge in [0.2, 0.25) is 5.91 Å². The summed E-state index contributed by atoms with van der Waals surface area (Å²) in [7, 11) is 0. The molecule has 1 unspecified atom stereocenters. The lowest BCUT2D eigenvalue weighted by molar-refractivity contribution is -0.121. The van der Waals surface area contributed by atoms with Crippen molar-refractivity contribution in [3.05, 3.63) is 95.4 Å². The van der Waals surface area contributed by atoms with Gasteiger partial charge in [-0.25, -0.2) is 4.39 Å². The summed E-state index contributed by atoms with van der Waals surface area (Å²) in [6.07, 6.45) is 6.46. The number of carbonyl (C=O) groups is 2. The van der Waals surface area contributed by atoms with Gasteiger partial charge in [0.25, 0.3) is 0 Å². The molecular weight excluding hydrogens is 529 g/mol. The van der Waals surface area contributed by atoms with Crippen LogP contribution in [0.5, 0.6) is 11.5 Å². The van der Waals surface area contributed by atoms with Crippen molar-refractivity contribution < 1.29 is 18.7 Å². The highest BCUT2D eigenvalue weighted by molar-refractivity contribution is 6.02. The topological polar surface area (TPSA) is 70.7 Å². The Morgan fingerprint density at radius 2 is 1.74 bits per heavy atom. The van der Waals surface area contributed by atoms with Crippen LogP contribution in [0.3, 0.4) is 0 Å². The lowest BCUT2D eigenvalue weighted by Gasteiger charge is -2.38. The third-order valence-corrected chi connectivity index (χ3v) is 8.53. The van der Waals surface area contributed by atoms with E-state index in [0.717, 1.165) is 42.8 Å². The van der Waals surface area contributed by atoms with Crippen LogP contribution in [0.2, 0.25) is 0 Å². The first-order chi connectivity index (χ1) is 20.3. The van der Waals surface area contributed by atoms with E-state index in [1.54, 1.807) is 24.3 Å². The normalized spacial score (nSPS) is 20.2. The number of amides is 1. The van der Waals surface area contributed by atoms with E-state index in [0.29, 0.717) is 29.7 Å². The standard InChI is InChI=1S/C35H38FN3O3/c1-35(2)20-28-33(30(40)21-35)34(23-17-18-26(36)31(19-23)42-25-13-7-4-8-14-25)39(29-16-10-9-15-27(29)38-28)22-32(41)37-24-11-5-3-6-12-24/h4,7-10,13-19,24,34,38H,3,5-6,11-12,20-22H2,1-2H3,(H,37,41). The second-order valence-electron chi connectivity index (χ2n) is 12.5. The van der Waals surface area contributed by atoms with Gasteiger partial charge in [0.15, 0.2) is 17.3 Å². The van der Waals surface area contributed by atoms with Crippen LogP contribution in [-0.2, 0) is 9.59 Å². The van der Waals surface area contributed by atoms with E-state index in [2.05, 4.69) is 24.5 Å². The summed E-state index contributed by atoms with van der Waals surface area (Å²) in [5.41, 5.74) is 3.58. The molecule has 2 aliphatic carbocycles. The van der Waals surface area contributed by atoms with Crippen molar-refractivity contribution in [3.8, 4) is 11.5 Å². The number of para-hydroxylation sites is 3. The van der Waals surface area contributed by atoms with E-state index < -0.39 is 11.9 Å². The average molecular weight is 568 g/mol. The number of hydrogen-bond donors (Lipinski definition) is 2. The first-order valence-electron chi connectivity index (χ1n) is 15.0. The molecule has 3 aliphatic rings. The molecule has 218 valence electrons. The van der Waals surface area contributed by atoms with E-state index in [1.807, 2.05) is 47.4 Å². The van der Waals surface area contributed by atoms with E-state index in [-0.39, 0.29) is 35.4 Å². The van der Waals surface area contributed by atoms with Crippen molar-refractivity contribution in [2.45, 2.75) is 70.9 Å². The Morgan fingerprint density at radius 3 is 2.52 bits per heavy atom. The summed E-state index contributed by atoms with van der Waals surface area (Å²) in [6.45, 7) is 4.25. The Labute approximate surface area is 247 Å². The van der Waals surface area contributed by atoms with E-state index in [4.69, 9.17) is 4.74 Å². The van der Waals surface area contributed by atoms with Gasteiger partial charge in [-0.3, -0.25) is 9.59 Å². The van der Waals surface area contributed by atoms with Gasteiger partial charge in [-0.15, -0.1) is 0 Å². The second kappa shape index (κ2) is 11.6. The number of fused-ring (bicyclic) bond motifs is 1. The monoisotopic (exact) mass is 567 g/mol. The van der Waals surface area contributed by atoms with Crippen LogP contribution in [0.25, 0.3) is 0 Å². The van der Waals surface area contributed by atoms with Gasteiger partial charge in [-0.2, -0.15) is 0 Å². The molecule has 6 rings (SSSR count). The van der Waals surface area contributed by atoms with Crippen LogP contribution in [0, 0.1) is 11.2 Å². The SMILES string of the molecule is CC1(C)CC(=O)C2=C(C1)Nc1ccccc1N(CC(=O)NC1CCCCC1)C2c1ccc(F)c(Oc2ccccc2)c1. The first-order valence-corrected chi connectivity index (χ1v) is 15.0. The van der Waals surface area contributed by atoms with Gasteiger partial charge in [0.05, 0.1) is 24.0 Å². The van der Waals surface area contributed by atoms with Crippen LogP contribution in [0.4, 0.5) is 15.8 Å². The minimum absolute atomic E-state index is 0.0269. The van der Waals surface area contributed by atoms with Crippen molar-refractivity contribution >= 4 is 23.1 Å². The largest absolute Gasteiger partial charge is 0.454 e. The Bertz CT molecular complexity index is 1510. The van der Waals surface area contributed by atoms with Crippen LogP contribution in [-0.4, -0.2) is 24.3 Å². The van der Waals surface area contributed by atoms with Gasteiger partial charge in [-0.05, 0) is 66.6 Å². The summed E-state index contributed by atoms with van der Waals surface area (Å²) < 4.78 is 21.1. The Hall–Kier alpha value is -4.13. The predicted molar refractivity (Wildman–Crippen MR) is 163 cm³/mol. The summed E-state index contributed by atoms with van der Waals surface area (Å²) in [5, 5.41) is 6.83. The number of benzene rings is 3. The number of nitrogens with zero attached hydrogens (tertiary/aromatic N) is 1. The molecule has 3 aromatic rings. The number of nitrogens with one attached hydrogen (secondary N) is 2. The summed E-state index contributed by atoms with van der Waals surface area (Å²) >= 11 is 0. The van der Waals surface area contributed by atoms with Crippen LogP contribution in [0.15, 0.2) is 84.1 Å². The van der Waals surface area contributed by atoms with Gasteiger partial charge in [-0.1, -0.05) is 69.5 Å². The van der Waals surface area contributed by atoms with Gasteiger partial charge in [0.1, 0.15) is 5.75 Å². The third kappa shape index (κ3) is 5.91. The van der Waals surface area contributed by atoms with E-state index in [1.165, 1.54) is 12.5 Å². The third-order valence-electron chi connectivity index (χ3n) is 8.53. The molecule has 3 aromatic carbocycles. The van der Waals surface area contributed by atoms with E-state index >= 15 is 4.39 Å². The highest BCUT2D eigenvalue weighted by Gasteiger charge is 2.42. The predicted octanol–water partition coefficient (Wildman–Crippen LogP) is 7.68. The Kier molecular flexibility index (Phi) is 7.76. The summed E-state index contributed by atoms with van der Waals surface area (Å²) in [6, 6.07) is 21.2. The molecule has 7 heteroatoms. The number of Topliss-reactive ketones (excluding diaryl/α,β-unsaturated/α-hetero) is 1. The summed E-state index contributed by atoms with van der Waals surface area (Å²) in [4.78, 5) is 29.6. The molecule has 1 aliphatic heterocycles. The fraction of sp³-hybridized carbons (Fsp3) is 0.371. The van der Waals surface area contributed by atoms with Gasteiger partial charge < -0.3 is 20.3 Å². The average Bonchev–Trinajstić information content (AvgIpc) is 3.09. The number of hydrogen-bond acceptors (Lipinski definition) is 5. The minimum Gasteiger partial charge on any atom is -0.454 e. The lowest BCUT2D eigenvalue weighted by atomic mass is 9.73. The zero-order valence-corrected chi connectivity index (χ0v) is 24.3. The summed E-state index contributed by atoms with van der Waals surface area (Å²) in [5.74, 6) is 0.0278. The molecule has 2 N–H and O–H groups in total. The molecular formula is C35H38FN3O3. The molecule has 6 nitrogen and oxygen atoms in total. The smallest absolute Gasteiger partial charge is 0.239 e. The molecule has 0 bridgehead atoms. The van der Waals surface area contributed by atoms with Gasteiger partial charge >= 0.3 is 0 Å². The molecule has 1 heterocycles. The number of ether oxygens (including phenoxy) is 1. The van der Waals surface area contributed by atoms with E-state index in [9.17, 15) is 9.59 Å². The van der Waals surface area contributed by atoms with Crippen LogP contribution < -0.4 is 20.3 Å². The zero-order chi connectivity index (χ0) is 29.3. The van der Waals surface area contributed by atoms with Crippen molar-refractivity contribution in [2.75, 3.05) is 16.8 Å². The molecule has 0 saturated heterocycles. The number of anilines is 2. The zero-order valence-electron chi connectivity index (χ0n) is 24.3. The van der Waals surface area contributed by atoms with Crippen molar-refractivity contribution in [2.24, 2.45) is 5.41 Å². The van der Waals surface area contributed by atoms with Crippen molar-refractivity contribution in [1.29, 1.82) is 0 Å². The fourth-order valence-electron chi connectivity index (χ4n) is 6.63. The number of allylic oxidation sites excluding steroid dienone is 1. The quantitative estimate of drug-likeness (QED) is 0.320. The molecule has 0 aromatic heterocycles. The number of carbonyl (C=O) groups excluding carboxylic acids is 2. The second-order valence-corrected chi connectivity index (χ2v) is 12.5. The molecule has 1 saturated carbocycles. The van der Waals surface area contributed by atoms with Crippen molar-refractivity contribution in [3.63, 3.8) is 0 Å². The van der Waals surface area contributed by atoms with Crippen molar-refractivity contribution in [1.82, 2.24) is 5.32 Å². The first kappa shape index (κ1) is 28.0. The molecule has 1 atom stereocenters. The van der Waals surface area contributed by atoms with Gasteiger partial charge in [0, 0.05) is 23.7 Å². The highest BCUT2D eigenvalue weighted by Crippen LogP contribution is 2.48. The fourth-order valence-corrected chi connectivity index (χ4v) is 6.63. The molecule has 0 radical (unpaired) electrons. The maximum absolute atomic E-state index is 15.1. The maximum atomic E-state index is 15.1. The maximum Gasteiger partial charge on any atom is 0.239 e.